The molecule has 0 unspecified atom stereocenters. The molecule has 5 nitrogen and oxygen atoms in total. The fraction of sp³-hybridized carbons (Fsp3) is 0.0833. The quantitative estimate of drug-likeness (QED) is 0.337. The smallest absolute Gasteiger partial charge is 0.262 e. The number of hydrogen-bond donors (Lipinski definition) is 1. The molecule has 0 radical (unpaired) electrons. The Morgan fingerprint density at radius 3 is 2.53 bits per heavy atom. The van der Waals surface area contributed by atoms with Crippen LogP contribution in [-0.4, -0.2) is 12.5 Å². The number of aryl methyl sites for hydroxylation is 1. The number of fused-ring (bicyclic) bond motifs is 1. The zero-order valence-corrected chi connectivity index (χ0v) is 19.0. The molecule has 0 atom stereocenters. The van der Waals surface area contributed by atoms with Crippen LogP contribution in [-0.2, 0) is 4.79 Å². The lowest BCUT2D eigenvalue weighted by Crippen LogP contribution is -2.23. The average Bonchev–Trinajstić information content (AvgIpc) is 2.77. The molecule has 0 fully saturated rings. The van der Waals surface area contributed by atoms with Crippen LogP contribution in [0.2, 0.25) is 15.1 Å². The number of carbonyl (C=O) groups is 1. The Labute approximate surface area is 198 Å². The highest BCUT2D eigenvalue weighted by Crippen LogP contribution is 2.32. The monoisotopic (exact) mass is 487 g/mol. The Kier molecular flexibility index (Phi) is 6.42. The van der Waals surface area contributed by atoms with Gasteiger partial charge < -0.3 is 14.5 Å². The minimum atomic E-state index is -0.514. The third kappa shape index (κ3) is 4.60. The molecule has 1 heterocycles. The van der Waals surface area contributed by atoms with Gasteiger partial charge in [-0.1, -0.05) is 52.5 Å². The standard InChI is InChI=1S/C24H16Cl3NO4/c1-13-5-10-19-16(11-13)22(30)24(23(32-19)14-6-8-15(25)9-7-14)31-12-20(29)28-18-4-2-3-17(26)21(18)27/h2-11H,12H2,1H3,(H,28,29). The highest BCUT2D eigenvalue weighted by Gasteiger charge is 2.19. The van der Waals surface area contributed by atoms with E-state index in [0.29, 0.717) is 32.3 Å². The second kappa shape index (κ2) is 9.25. The van der Waals surface area contributed by atoms with E-state index in [1.54, 1.807) is 54.6 Å². The number of benzene rings is 3. The van der Waals surface area contributed by atoms with Gasteiger partial charge >= 0.3 is 0 Å². The van der Waals surface area contributed by atoms with Gasteiger partial charge in [-0.2, -0.15) is 0 Å². The van der Waals surface area contributed by atoms with Crippen LogP contribution in [0.4, 0.5) is 5.69 Å². The predicted octanol–water partition coefficient (Wildman–Crippen LogP) is 6.75. The van der Waals surface area contributed by atoms with Crippen molar-refractivity contribution >= 4 is 57.4 Å². The molecule has 32 heavy (non-hydrogen) atoms. The fourth-order valence-corrected chi connectivity index (χ4v) is 3.61. The molecule has 1 N–H and O–H groups in total. The van der Waals surface area contributed by atoms with Gasteiger partial charge in [-0.15, -0.1) is 0 Å². The summed E-state index contributed by atoms with van der Waals surface area (Å²) in [6.45, 7) is 1.43. The van der Waals surface area contributed by atoms with E-state index in [1.807, 2.05) is 13.0 Å². The Bertz CT molecular complexity index is 1380. The van der Waals surface area contributed by atoms with E-state index >= 15 is 0 Å². The van der Waals surface area contributed by atoms with Crippen LogP contribution in [0.15, 0.2) is 69.9 Å². The van der Waals surface area contributed by atoms with Gasteiger partial charge in [-0.05, 0) is 55.5 Å². The molecule has 162 valence electrons. The van der Waals surface area contributed by atoms with Crippen molar-refractivity contribution in [2.45, 2.75) is 6.92 Å². The summed E-state index contributed by atoms with van der Waals surface area (Å²) in [5, 5.41) is 4.04. The van der Waals surface area contributed by atoms with Gasteiger partial charge in [0.2, 0.25) is 11.2 Å². The lowest BCUT2D eigenvalue weighted by molar-refractivity contribution is -0.118. The van der Waals surface area contributed by atoms with Crippen LogP contribution >= 0.6 is 34.8 Å². The van der Waals surface area contributed by atoms with E-state index in [-0.39, 0.29) is 22.0 Å². The van der Waals surface area contributed by atoms with Gasteiger partial charge in [0.25, 0.3) is 5.91 Å². The van der Waals surface area contributed by atoms with Gasteiger partial charge in [0.1, 0.15) is 5.58 Å². The summed E-state index contributed by atoms with van der Waals surface area (Å²) in [7, 11) is 0. The summed E-state index contributed by atoms with van der Waals surface area (Å²) in [6.07, 6.45) is 0. The minimum absolute atomic E-state index is 0.0715. The predicted molar refractivity (Wildman–Crippen MR) is 128 cm³/mol. The molecule has 0 aliphatic heterocycles. The number of anilines is 1. The zero-order valence-electron chi connectivity index (χ0n) is 16.7. The van der Waals surface area contributed by atoms with E-state index in [2.05, 4.69) is 5.32 Å². The van der Waals surface area contributed by atoms with Gasteiger partial charge in [0, 0.05) is 10.6 Å². The van der Waals surface area contributed by atoms with Gasteiger partial charge in [-0.25, -0.2) is 0 Å². The van der Waals surface area contributed by atoms with E-state index < -0.39 is 12.5 Å². The van der Waals surface area contributed by atoms with Crippen molar-refractivity contribution in [2.75, 3.05) is 11.9 Å². The molecular weight excluding hydrogens is 473 g/mol. The van der Waals surface area contributed by atoms with Gasteiger partial charge in [0.15, 0.2) is 12.4 Å². The lowest BCUT2D eigenvalue weighted by atomic mass is 10.1. The van der Waals surface area contributed by atoms with E-state index in [1.165, 1.54) is 0 Å². The topological polar surface area (TPSA) is 68.5 Å². The average molecular weight is 489 g/mol. The number of hydrogen-bond acceptors (Lipinski definition) is 4. The summed E-state index contributed by atoms with van der Waals surface area (Å²) < 4.78 is 11.7. The highest BCUT2D eigenvalue weighted by atomic mass is 35.5. The van der Waals surface area contributed by atoms with Crippen LogP contribution in [0.25, 0.3) is 22.3 Å². The summed E-state index contributed by atoms with van der Waals surface area (Å²) in [4.78, 5) is 25.7. The van der Waals surface area contributed by atoms with E-state index in [4.69, 9.17) is 44.0 Å². The Morgan fingerprint density at radius 1 is 1.03 bits per heavy atom. The van der Waals surface area contributed by atoms with Crippen molar-refractivity contribution in [3.8, 4) is 17.1 Å². The van der Waals surface area contributed by atoms with Crippen molar-refractivity contribution < 1.29 is 13.9 Å². The van der Waals surface area contributed by atoms with Crippen LogP contribution < -0.4 is 15.5 Å². The van der Waals surface area contributed by atoms with Crippen LogP contribution in [0.5, 0.6) is 5.75 Å². The fourth-order valence-electron chi connectivity index (χ4n) is 3.14. The number of carbonyl (C=O) groups excluding carboxylic acids is 1. The first-order valence-electron chi connectivity index (χ1n) is 9.53. The Morgan fingerprint density at radius 2 is 1.78 bits per heavy atom. The first-order chi connectivity index (χ1) is 15.3. The zero-order chi connectivity index (χ0) is 22.8. The first-order valence-corrected chi connectivity index (χ1v) is 10.7. The number of ether oxygens (including phenoxy) is 1. The number of amides is 1. The minimum Gasteiger partial charge on any atom is -0.476 e. The maximum absolute atomic E-state index is 13.2. The maximum Gasteiger partial charge on any atom is 0.262 e. The van der Waals surface area contributed by atoms with Crippen LogP contribution in [0.1, 0.15) is 5.56 Å². The molecule has 8 heteroatoms. The summed E-state index contributed by atoms with van der Waals surface area (Å²) in [5.41, 5.74) is 1.85. The first kappa shape index (κ1) is 22.2. The molecule has 1 aromatic heterocycles. The molecule has 4 aromatic rings. The largest absolute Gasteiger partial charge is 0.476 e. The van der Waals surface area contributed by atoms with Crippen molar-refractivity contribution in [3.63, 3.8) is 0 Å². The van der Waals surface area contributed by atoms with E-state index in [0.717, 1.165) is 5.56 Å². The SMILES string of the molecule is Cc1ccc2oc(-c3ccc(Cl)cc3)c(OCC(=O)Nc3cccc(Cl)c3Cl)c(=O)c2c1. The highest BCUT2D eigenvalue weighted by molar-refractivity contribution is 6.44. The Hall–Kier alpha value is -2.99. The second-order valence-corrected chi connectivity index (χ2v) is 8.26. The maximum atomic E-state index is 13.2. The molecule has 3 aromatic carbocycles. The number of nitrogens with one attached hydrogen (secondary N) is 1. The van der Waals surface area contributed by atoms with Crippen LogP contribution in [0.3, 0.4) is 0 Å². The molecular formula is C24H16Cl3NO4. The molecule has 0 saturated carbocycles. The van der Waals surface area contributed by atoms with Crippen molar-refractivity contribution in [1.82, 2.24) is 0 Å². The molecule has 0 aliphatic carbocycles. The molecule has 0 spiro atoms. The van der Waals surface area contributed by atoms with Crippen molar-refractivity contribution in [3.05, 3.63) is 91.5 Å². The van der Waals surface area contributed by atoms with Gasteiger partial charge in [0.05, 0.1) is 21.1 Å². The number of rotatable bonds is 5. The second-order valence-electron chi connectivity index (χ2n) is 7.03. The van der Waals surface area contributed by atoms with Crippen molar-refractivity contribution in [1.29, 1.82) is 0 Å². The molecule has 4 rings (SSSR count). The summed E-state index contributed by atoms with van der Waals surface area (Å²) in [6, 6.07) is 16.9. The normalized spacial score (nSPS) is 10.9. The van der Waals surface area contributed by atoms with Crippen LogP contribution in [0, 0.1) is 6.92 Å². The Balaban J connectivity index is 1.70. The molecule has 0 bridgehead atoms. The lowest BCUT2D eigenvalue weighted by Gasteiger charge is -2.13. The molecule has 0 saturated heterocycles. The van der Waals surface area contributed by atoms with E-state index in [9.17, 15) is 9.59 Å². The summed E-state index contributed by atoms with van der Waals surface area (Å²) in [5.74, 6) is -0.380. The molecule has 1 amide bonds. The molecule has 0 aliphatic rings. The number of halogens is 3. The third-order valence-corrected chi connectivity index (χ3v) is 5.75. The van der Waals surface area contributed by atoms with Gasteiger partial charge in [-0.3, -0.25) is 9.59 Å². The third-order valence-electron chi connectivity index (χ3n) is 4.68. The van der Waals surface area contributed by atoms with Crippen molar-refractivity contribution in [2.24, 2.45) is 0 Å². The summed E-state index contributed by atoms with van der Waals surface area (Å²) >= 11 is 18.1.